The van der Waals surface area contributed by atoms with E-state index >= 15 is 0 Å². The van der Waals surface area contributed by atoms with Gasteiger partial charge in [0.1, 0.15) is 11.5 Å². The molecule has 2 N–H and O–H groups in total. The molecule has 0 saturated carbocycles. The highest BCUT2D eigenvalue weighted by Crippen LogP contribution is 2.30. The van der Waals surface area contributed by atoms with Gasteiger partial charge < -0.3 is 5.73 Å². The summed E-state index contributed by atoms with van der Waals surface area (Å²) >= 11 is 0. The van der Waals surface area contributed by atoms with Crippen LogP contribution in [0, 0.1) is 11.6 Å². The van der Waals surface area contributed by atoms with Crippen LogP contribution >= 0.6 is 0 Å². The number of benzene rings is 2. The number of rotatable bonds is 4. The summed E-state index contributed by atoms with van der Waals surface area (Å²) in [4.78, 5) is 15.6. The molecule has 4 rings (SSSR count). The maximum atomic E-state index is 14.2. The number of carbonyl (C=O) groups excluding carboxylic acids is 1. The molecule has 7 nitrogen and oxygen atoms in total. The first-order valence-electron chi connectivity index (χ1n) is 8.55. The fourth-order valence-electron chi connectivity index (χ4n) is 2.88. The number of nitrogen functional groups attached to an aromatic ring is 1. The van der Waals surface area contributed by atoms with E-state index in [9.17, 15) is 13.6 Å². The zero-order valence-electron chi connectivity index (χ0n) is 15.2. The zero-order chi connectivity index (χ0) is 20.5. The molecule has 0 unspecified atom stereocenters. The number of nitrogens with two attached hydrogens (primary N) is 1. The van der Waals surface area contributed by atoms with E-state index in [0.29, 0.717) is 16.7 Å². The molecule has 29 heavy (non-hydrogen) atoms. The number of hydrogen-bond donors (Lipinski definition) is 1. The fourth-order valence-corrected chi connectivity index (χ4v) is 2.88. The first-order valence-corrected chi connectivity index (χ1v) is 8.55. The molecule has 144 valence electrons. The SMILES string of the molecule is CC(=O)c1ccc(-c2cnc(N)c(-c3nnnn3-c3cccc(F)c3F)c2)cc1. The zero-order valence-corrected chi connectivity index (χ0v) is 15.2. The molecule has 0 fully saturated rings. The van der Waals surface area contributed by atoms with Crippen LogP contribution in [0.15, 0.2) is 54.7 Å². The van der Waals surface area contributed by atoms with Gasteiger partial charge in [-0.1, -0.05) is 30.3 Å². The molecule has 0 atom stereocenters. The molecule has 0 aliphatic rings. The Morgan fingerprint density at radius 1 is 1.07 bits per heavy atom. The standard InChI is InChI=1S/C20H14F2N6O/c1-11(29)12-5-7-13(8-6-12)14-9-15(19(23)24-10-14)20-25-26-27-28(20)17-4-2-3-16(21)18(17)22/h2-10H,1H3,(H2,23,24). The highest BCUT2D eigenvalue weighted by atomic mass is 19.2. The number of tetrazole rings is 1. The van der Waals surface area contributed by atoms with Crippen molar-refractivity contribution >= 4 is 11.6 Å². The van der Waals surface area contributed by atoms with Crippen molar-refractivity contribution in [1.29, 1.82) is 0 Å². The van der Waals surface area contributed by atoms with Crippen LogP contribution in [0.1, 0.15) is 17.3 Å². The topological polar surface area (TPSA) is 99.6 Å². The van der Waals surface area contributed by atoms with Gasteiger partial charge in [-0.05, 0) is 41.1 Å². The number of carbonyl (C=O) groups is 1. The lowest BCUT2D eigenvalue weighted by atomic mass is 10.0. The van der Waals surface area contributed by atoms with Crippen LogP contribution in [0.3, 0.4) is 0 Å². The molecular formula is C20H14F2N6O. The molecule has 0 saturated heterocycles. The van der Waals surface area contributed by atoms with E-state index in [1.807, 2.05) is 0 Å². The van der Waals surface area contributed by atoms with Crippen LogP contribution in [-0.4, -0.2) is 31.0 Å². The van der Waals surface area contributed by atoms with Gasteiger partial charge in [-0.25, -0.2) is 13.8 Å². The second-order valence-corrected chi connectivity index (χ2v) is 6.28. The van der Waals surface area contributed by atoms with E-state index in [-0.39, 0.29) is 23.1 Å². The number of Topliss-reactive ketones (excluding diaryl/α,β-unsaturated/α-hetero) is 1. The summed E-state index contributed by atoms with van der Waals surface area (Å²) in [5, 5.41) is 11.3. The molecule has 4 aromatic rings. The number of anilines is 1. The van der Waals surface area contributed by atoms with Gasteiger partial charge >= 0.3 is 0 Å². The predicted octanol–water partition coefficient (Wildman–Crippen LogP) is 3.45. The predicted molar refractivity (Wildman–Crippen MR) is 102 cm³/mol. The Morgan fingerprint density at radius 3 is 2.55 bits per heavy atom. The number of aromatic nitrogens is 5. The van der Waals surface area contributed by atoms with E-state index in [1.165, 1.54) is 19.1 Å². The molecule has 2 aromatic heterocycles. The molecule has 0 aliphatic heterocycles. The van der Waals surface area contributed by atoms with Crippen molar-refractivity contribution < 1.29 is 13.6 Å². The third-order valence-corrected chi connectivity index (χ3v) is 4.41. The van der Waals surface area contributed by atoms with Crippen molar-refractivity contribution in [2.75, 3.05) is 5.73 Å². The number of hydrogen-bond acceptors (Lipinski definition) is 6. The van der Waals surface area contributed by atoms with Crippen LogP contribution in [0.4, 0.5) is 14.6 Å². The summed E-state index contributed by atoms with van der Waals surface area (Å²) in [6.45, 7) is 1.49. The molecular weight excluding hydrogens is 378 g/mol. The van der Waals surface area contributed by atoms with Crippen molar-refractivity contribution in [3.63, 3.8) is 0 Å². The van der Waals surface area contributed by atoms with E-state index in [0.717, 1.165) is 16.3 Å². The quantitative estimate of drug-likeness (QED) is 0.534. The largest absolute Gasteiger partial charge is 0.383 e. The summed E-state index contributed by atoms with van der Waals surface area (Å²) < 4.78 is 28.9. The van der Waals surface area contributed by atoms with Crippen LogP contribution < -0.4 is 5.73 Å². The van der Waals surface area contributed by atoms with Crippen LogP contribution in [-0.2, 0) is 0 Å². The summed E-state index contributed by atoms with van der Waals surface area (Å²) in [5.74, 6) is -1.90. The van der Waals surface area contributed by atoms with Gasteiger partial charge in [-0.2, -0.15) is 4.68 Å². The Bertz CT molecular complexity index is 1220. The first-order chi connectivity index (χ1) is 14.0. The van der Waals surface area contributed by atoms with Crippen LogP contribution in [0.2, 0.25) is 0 Å². The number of pyridine rings is 1. The molecule has 2 aromatic carbocycles. The van der Waals surface area contributed by atoms with Gasteiger partial charge in [-0.15, -0.1) is 5.10 Å². The van der Waals surface area contributed by atoms with Gasteiger partial charge in [0.2, 0.25) is 0 Å². The Morgan fingerprint density at radius 2 is 1.83 bits per heavy atom. The average molecular weight is 392 g/mol. The molecule has 0 amide bonds. The second-order valence-electron chi connectivity index (χ2n) is 6.28. The highest BCUT2D eigenvalue weighted by Gasteiger charge is 2.19. The van der Waals surface area contributed by atoms with Crippen molar-refractivity contribution in [1.82, 2.24) is 25.2 Å². The third-order valence-electron chi connectivity index (χ3n) is 4.41. The van der Waals surface area contributed by atoms with Gasteiger partial charge in [-0.3, -0.25) is 4.79 Å². The monoisotopic (exact) mass is 392 g/mol. The van der Waals surface area contributed by atoms with E-state index in [4.69, 9.17) is 5.73 Å². The van der Waals surface area contributed by atoms with Gasteiger partial charge in [0.15, 0.2) is 23.2 Å². The van der Waals surface area contributed by atoms with E-state index < -0.39 is 11.6 Å². The number of halogens is 2. The molecule has 9 heteroatoms. The summed E-state index contributed by atoms with van der Waals surface area (Å²) in [6.07, 6.45) is 1.57. The Labute approximate surface area is 163 Å². The second kappa shape index (κ2) is 7.19. The maximum absolute atomic E-state index is 14.2. The minimum absolute atomic E-state index is 0.0380. The molecule has 2 heterocycles. The number of ketones is 1. The Balaban J connectivity index is 1.81. The first kappa shape index (κ1) is 18.4. The Kier molecular flexibility index (Phi) is 4.55. The normalized spacial score (nSPS) is 10.9. The molecule has 0 spiro atoms. The maximum Gasteiger partial charge on any atom is 0.190 e. The minimum Gasteiger partial charge on any atom is -0.383 e. The van der Waals surface area contributed by atoms with Gasteiger partial charge in [0, 0.05) is 17.3 Å². The van der Waals surface area contributed by atoms with Crippen molar-refractivity contribution in [3.8, 4) is 28.2 Å². The van der Waals surface area contributed by atoms with Crippen LogP contribution in [0.5, 0.6) is 0 Å². The van der Waals surface area contributed by atoms with Gasteiger partial charge in [0.05, 0.1) is 5.56 Å². The Hall–Kier alpha value is -4.01. The summed E-state index contributed by atoms with van der Waals surface area (Å²) in [5.41, 5.74) is 8.28. The van der Waals surface area contributed by atoms with Gasteiger partial charge in [0.25, 0.3) is 0 Å². The van der Waals surface area contributed by atoms with E-state index in [1.54, 1.807) is 36.5 Å². The van der Waals surface area contributed by atoms with E-state index in [2.05, 4.69) is 20.5 Å². The lowest BCUT2D eigenvalue weighted by Gasteiger charge is -2.10. The lowest BCUT2D eigenvalue weighted by molar-refractivity contribution is 0.101. The highest BCUT2D eigenvalue weighted by molar-refractivity contribution is 5.94. The smallest absolute Gasteiger partial charge is 0.190 e. The molecule has 0 radical (unpaired) electrons. The lowest BCUT2D eigenvalue weighted by Crippen LogP contribution is -2.06. The van der Waals surface area contributed by atoms with Crippen molar-refractivity contribution in [3.05, 3.63) is 71.9 Å². The summed E-state index contributed by atoms with van der Waals surface area (Å²) in [6, 6.07) is 12.4. The third kappa shape index (κ3) is 3.33. The molecule has 0 aliphatic carbocycles. The average Bonchev–Trinajstić information content (AvgIpc) is 3.20. The number of nitrogens with zero attached hydrogens (tertiary/aromatic N) is 5. The van der Waals surface area contributed by atoms with Crippen LogP contribution in [0.25, 0.3) is 28.2 Å². The summed E-state index contributed by atoms with van der Waals surface area (Å²) in [7, 11) is 0. The van der Waals surface area contributed by atoms with Crippen molar-refractivity contribution in [2.24, 2.45) is 0 Å². The van der Waals surface area contributed by atoms with Crippen molar-refractivity contribution in [2.45, 2.75) is 6.92 Å². The fraction of sp³-hybridized carbons (Fsp3) is 0.0500. The minimum atomic E-state index is -1.08. The molecule has 0 bridgehead atoms.